The Bertz CT molecular complexity index is 314. The second kappa shape index (κ2) is 7.30. The minimum Gasteiger partial charge on any atom is -0.480 e. The highest BCUT2D eigenvalue weighted by Gasteiger charge is 2.24. The molecule has 0 aromatic rings. The van der Waals surface area contributed by atoms with Crippen LogP contribution < -0.4 is 0 Å². The van der Waals surface area contributed by atoms with E-state index < -0.39 is 5.97 Å². The first-order valence-corrected chi connectivity index (χ1v) is 6.49. The SMILES string of the molecule is CN(C)CCN1CCN(C(=O)N(C)CC(=O)O)CC1. The zero-order valence-corrected chi connectivity index (χ0v) is 12.0. The summed E-state index contributed by atoms with van der Waals surface area (Å²) in [5.74, 6) is -0.986. The molecule has 1 aliphatic rings. The second-order valence-corrected chi connectivity index (χ2v) is 5.16. The highest BCUT2D eigenvalue weighted by Crippen LogP contribution is 2.04. The number of amides is 2. The molecule has 0 atom stereocenters. The van der Waals surface area contributed by atoms with E-state index in [9.17, 15) is 9.59 Å². The average molecular weight is 272 g/mol. The molecular formula is C12H24N4O3. The first kappa shape index (κ1) is 15.7. The molecular weight excluding hydrogens is 248 g/mol. The lowest BCUT2D eigenvalue weighted by molar-refractivity contribution is -0.137. The number of hydrogen-bond acceptors (Lipinski definition) is 4. The molecule has 1 fully saturated rings. The largest absolute Gasteiger partial charge is 0.480 e. The van der Waals surface area contributed by atoms with E-state index in [-0.39, 0.29) is 12.6 Å². The maximum Gasteiger partial charge on any atom is 0.323 e. The van der Waals surface area contributed by atoms with Gasteiger partial charge in [-0.1, -0.05) is 0 Å². The first-order chi connectivity index (χ1) is 8.90. The fourth-order valence-corrected chi connectivity index (χ4v) is 2.02. The molecule has 0 unspecified atom stereocenters. The van der Waals surface area contributed by atoms with Crippen LogP contribution in [0.1, 0.15) is 0 Å². The van der Waals surface area contributed by atoms with Crippen LogP contribution in [-0.2, 0) is 4.79 Å². The van der Waals surface area contributed by atoms with Crippen LogP contribution in [0.15, 0.2) is 0 Å². The smallest absolute Gasteiger partial charge is 0.323 e. The van der Waals surface area contributed by atoms with Gasteiger partial charge in [-0.15, -0.1) is 0 Å². The second-order valence-electron chi connectivity index (χ2n) is 5.16. The Hall–Kier alpha value is -1.34. The zero-order valence-electron chi connectivity index (χ0n) is 12.0. The number of nitrogens with zero attached hydrogens (tertiary/aromatic N) is 4. The van der Waals surface area contributed by atoms with E-state index in [1.807, 2.05) is 14.1 Å². The minimum absolute atomic E-state index is 0.199. The molecule has 19 heavy (non-hydrogen) atoms. The number of urea groups is 1. The molecule has 0 aromatic carbocycles. The number of carbonyl (C=O) groups is 2. The monoisotopic (exact) mass is 272 g/mol. The quantitative estimate of drug-likeness (QED) is 0.717. The molecule has 110 valence electrons. The van der Waals surface area contributed by atoms with Gasteiger partial charge in [0.1, 0.15) is 6.54 Å². The average Bonchev–Trinajstić information content (AvgIpc) is 2.35. The molecule has 1 N–H and O–H groups in total. The predicted molar refractivity (Wildman–Crippen MR) is 72.2 cm³/mol. The van der Waals surface area contributed by atoms with Crippen LogP contribution >= 0.6 is 0 Å². The van der Waals surface area contributed by atoms with Gasteiger partial charge in [-0.2, -0.15) is 0 Å². The number of carboxylic acids is 1. The van der Waals surface area contributed by atoms with Crippen molar-refractivity contribution >= 4 is 12.0 Å². The Balaban J connectivity index is 2.32. The van der Waals surface area contributed by atoms with Gasteiger partial charge in [0.2, 0.25) is 0 Å². The number of piperazine rings is 1. The fourth-order valence-electron chi connectivity index (χ4n) is 2.02. The summed E-state index contributed by atoms with van der Waals surface area (Å²) in [6, 6.07) is -0.199. The van der Waals surface area contributed by atoms with E-state index >= 15 is 0 Å². The van der Waals surface area contributed by atoms with Crippen LogP contribution in [-0.4, -0.2) is 104 Å². The number of carbonyl (C=O) groups excluding carboxylic acids is 1. The Morgan fingerprint density at radius 2 is 1.68 bits per heavy atom. The van der Waals surface area contributed by atoms with Crippen LogP contribution in [0.25, 0.3) is 0 Å². The number of aliphatic carboxylic acids is 1. The number of likely N-dealkylation sites (N-methyl/N-ethyl adjacent to an activating group) is 2. The fraction of sp³-hybridized carbons (Fsp3) is 0.833. The highest BCUT2D eigenvalue weighted by molar-refractivity contribution is 5.80. The van der Waals surface area contributed by atoms with Gasteiger partial charge >= 0.3 is 12.0 Å². The molecule has 0 saturated carbocycles. The van der Waals surface area contributed by atoms with E-state index in [0.29, 0.717) is 13.1 Å². The summed E-state index contributed by atoms with van der Waals surface area (Å²) >= 11 is 0. The maximum atomic E-state index is 12.0. The summed E-state index contributed by atoms with van der Waals surface area (Å²) in [5.41, 5.74) is 0. The lowest BCUT2D eigenvalue weighted by atomic mass is 10.3. The van der Waals surface area contributed by atoms with Crippen LogP contribution in [0.5, 0.6) is 0 Å². The van der Waals surface area contributed by atoms with Crippen molar-refractivity contribution in [2.75, 3.05) is 67.0 Å². The summed E-state index contributed by atoms with van der Waals surface area (Å²) in [6.45, 7) is 4.78. The van der Waals surface area contributed by atoms with Gasteiger partial charge in [0.15, 0.2) is 0 Å². The summed E-state index contributed by atoms with van der Waals surface area (Å²) in [4.78, 5) is 30.0. The van der Waals surface area contributed by atoms with Gasteiger partial charge in [-0.25, -0.2) is 4.79 Å². The molecule has 0 aromatic heterocycles. The van der Waals surface area contributed by atoms with Crippen LogP contribution in [0.4, 0.5) is 4.79 Å². The molecule has 0 spiro atoms. The van der Waals surface area contributed by atoms with Crippen LogP contribution in [0, 0.1) is 0 Å². The van der Waals surface area contributed by atoms with E-state index in [0.717, 1.165) is 26.2 Å². The van der Waals surface area contributed by atoms with Crippen molar-refractivity contribution in [2.24, 2.45) is 0 Å². The zero-order chi connectivity index (χ0) is 14.4. The summed E-state index contributed by atoms with van der Waals surface area (Å²) in [6.07, 6.45) is 0. The Kier molecular flexibility index (Phi) is 6.04. The topological polar surface area (TPSA) is 67.3 Å². The molecule has 2 amide bonds. The molecule has 1 aliphatic heterocycles. The van der Waals surface area contributed by atoms with Crippen molar-refractivity contribution in [3.63, 3.8) is 0 Å². The third-order valence-electron chi connectivity index (χ3n) is 3.21. The molecule has 1 rings (SSSR count). The summed E-state index contributed by atoms with van der Waals surface area (Å²) in [5, 5.41) is 8.67. The molecule has 0 radical (unpaired) electrons. The molecule has 1 heterocycles. The van der Waals surface area contributed by atoms with Gasteiger partial charge in [-0.05, 0) is 14.1 Å². The third-order valence-corrected chi connectivity index (χ3v) is 3.21. The van der Waals surface area contributed by atoms with Crippen molar-refractivity contribution < 1.29 is 14.7 Å². The Labute approximate surface area is 114 Å². The van der Waals surface area contributed by atoms with Crippen molar-refractivity contribution in [2.45, 2.75) is 0 Å². The molecule has 7 nitrogen and oxygen atoms in total. The minimum atomic E-state index is -0.986. The lowest BCUT2D eigenvalue weighted by Crippen LogP contribution is -2.53. The van der Waals surface area contributed by atoms with Crippen molar-refractivity contribution in [1.29, 1.82) is 0 Å². The van der Waals surface area contributed by atoms with Crippen LogP contribution in [0.2, 0.25) is 0 Å². The molecule has 0 aliphatic carbocycles. The van der Waals surface area contributed by atoms with Crippen LogP contribution in [0.3, 0.4) is 0 Å². The third kappa shape index (κ3) is 5.44. The van der Waals surface area contributed by atoms with Gasteiger partial charge in [0.25, 0.3) is 0 Å². The standard InChI is InChI=1S/C12H24N4O3/c1-13(2)4-5-15-6-8-16(9-7-15)12(19)14(3)10-11(17)18/h4-10H2,1-3H3,(H,17,18). The van der Waals surface area contributed by atoms with E-state index in [1.165, 1.54) is 11.9 Å². The normalized spacial score (nSPS) is 16.7. The van der Waals surface area contributed by atoms with Crippen molar-refractivity contribution in [3.8, 4) is 0 Å². The molecule has 7 heteroatoms. The van der Waals surface area contributed by atoms with Gasteiger partial charge in [0, 0.05) is 46.3 Å². The predicted octanol–water partition coefficient (Wildman–Crippen LogP) is -0.698. The van der Waals surface area contributed by atoms with E-state index in [1.54, 1.807) is 4.90 Å². The summed E-state index contributed by atoms with van der Waals surface area (Å²) in [7, 11) is 5.61. The lowest BCUT2D eigenvalue weighted by Gasteiger charge is -2.36. The van der Waals surface area contributed by atoms with Crippen molar-refractivity contribution in [3.05, 3.63) is 0 Å². The number of hydrogen-bond donors (Lipinski definition) is 1. The van der Waals surface area contributed by atoms with Gasteiger partial charge < -0.3 is 19.8 Å². The van der Waals surface area contributed by atoms with E-state index in [2.05, 4.69) is 9.80 Å². The molecule has 1 saturated heterocycles. The highest BCUT2D eigenvalue weighted by atomic mass is 16.4. The maximum absolute atomic E-state index is 12.0. The van der Waals surface area contributed by atoms with Gasteiger partial charge in [-0.3, -0.25) is 9.69 Å². The summed E-state index contributed by atoms with van der Waals surface area (Å²) < 4.78 is 0. The Morgan fingerprint density at radius 1 is 1.11 bits per heavy atom. The molecule has 0 bridgehead atoms. The van der Waals surface area contributed by atoms with E-state index in [4.69, 9.17) is 5.11 Å². The first-order valence-electron chi connectivity index (χ1n) is 6.49. The van der Waals surface area contributed by atoms with Gasteiger partial charge in [0.05, 0.1) is 0 Å². The number of carboxylic acid groups (broad SMARTS) is 1. The number of rotatable bonds is 5. The van der Waals surface area contributed by atoms with Crippen molar-refractivity contribution in [1.82, 2.24) is 19.6 Å². The Morgan fingerprint density at radius 3 is 2.16 bits per heavy atom.